The van der Waals surface area contributed by atoms with Crippen molar-refractivity contribution in [2.75, 3.05) is 0 Å². The van der Waals surface area contributed by atoms with Crippen LogP contribution in [0.5, 0.6) is 11.8 Å². The number of benzene rings is 1. The van der Waals surface area contributed by atoms with E-state index in [0.717, 1.165) is 12.1 Å². The molecule has 0 aliphatic carbocycles. The standard InChI is InChI=1S/C14H13F3N2O3/c1-8(2)19-7-10(12(20)21)18-13(19)22-11-6-4-3-5-9(11)14(15,16)17/h3-8H,1-2H3,(H,20,21). The van der Waals surface area contributed by atoms with E-state index in [1.807, 2.05) is 0 Å². The van der Waals surface area contributed by atoms with E-state index in [4.69, 9.17) is 9.84 Å². The molecule has 118 valence electrons. The topological polar surface area (TPSA) is 64.4 Å². The van der Waals surface area contributed by atoms with Gasteiger partial charge in [0.05, 0.1) is 5.56 Å². The second-order valence-corrected chi connectivity index (χ2v) is 4.81. The number of para-hydroxylation sites is 1. The van der Waals surface area contributed by atoms with Gasteiger partial charge in [-0.05, 0) is 26.0 Å². The van der Waals surface area contributed by atoms with Gasteiger partial charge in [-0.25, -0.2) is 4.79 Å². The van der Waals surface area contributed by atoms with Gasteiger partial charge >= 0.3 is 18.2 Å². The van der Waals surface area contributed by atoms with Crippen LogP contribution >= 0.6 is 0 Å². The molecule has 0 unspecified atom stereocenters. The zero-order chi connectivity index (χ0) is 16.5. The molecule has 8 heteroatoms. The molecule has 0 aliphatic heterocycles. The third-order valence-corrected chi connectivity index (χ3v) is 2.87. The summed E-state index contributed by atoms with van der Waals surface area (Å²) in [5, 5.41) is 8.94. The van der Waals surface area contributed by atoms with Gasteiger partial charge in [-0.3, -0.25) is 4.57 Å². The molecular formula is C14H13F3N2O3. The van der Waals surface area contributed by atoms with Gasteiger partial charge in [-0.2, -0.15) is 18.2 Å². The molecule has 0 radical (unpaired) electrons. The molecule has 0 amide bonds. The van der Waals surface area contributed by atoms with Gasteiger partial charge in [-0.1, -0.05) is 12.1 Å². The summed E-state index contributed by atoms with van der Waals surface area (Å²) in [7, 11) is 0. The molecule has 0 spiro atoms. The Kier molecular flexibility index (Phi) is 4.11. The summed E-state index contributed by atoms with van der Waals surface area (Å²) < 4.78 is 45.4. The number of imidazole rings is 1. The number of alkyl halides is 3. The Labute approximate surface area is 124 Å². The van der Waals surface area contributed by atoms with E-state index in [0.29, 0.717) is 0 Å². The van der Waals surface area contributed by atoms with Crippen molar-refractivity contribution in [1.29, 1.82) is 0 Å². The van der Waals surface area contributed by atoms with Gasteiger partial charge in [-0.15, -0.1) is 0 Å². The highest BCUT2D eigenvalue weighted by Gasteiger charge is 2.34. The summed E-state index contributed by atoms with van der Waals surface area (Å²) >= 11 is 0. The summed E-state index contributed by atoms with van der Waals surface area (Å²) in [4.78, 5) is 14.7. The van der Waals surface area contributed by atoms with Crippen LogP contribution in [0, 0.1) is 0 Å². The number of carboxylic acid groups (broad SMARTS) is 1. The summed E-state index contributed by atoms with van der Waals surface area (Å²) in [6.45, 7) is 3.46. The van der Waals surface area contributed by atoms with Crippen LogP contribution in [-0.2, 0) is 6.18 Å². The van der Waals surface area contributed by atoms with Gasteiger partial charge in [0.15, 0.2) is 5.69 Å². The molecule has 1 N–H and O–H groups in total. The molecular weight excluding hydrogens is 301 g/mol. The first kappa shape index (κ1) is 15.9. The van der Waals surface area contributed by atoms with Crippen LogP contribution in [0.15, 0.2) is 30.5 Å². The van der Waals surface area contributed by atoms with Crippen molar-refractivity contribution in [3.63, 3.8) is 0 Å². The fourth-order valence-corrected chi connectivity index (χ4v) is 1.81. The summed E-state index contributed by atoms with van der Waals surface area (Å²) in [6.07, 6.45) is -3.36. The van der Waals surface area contributed by atoms with Gasteiger partial charge in [0.2, 0.25) is 0 Å². The van der Waals surface area contributed by atoms with Crippen molar-refractivity contribution < 1.29 is 27.8 Å². The lowest BCUT2D eigenvalue weighted by atomic mass is 10.2. The van der Waals surface area contributed by atoms with Crippen LogP contribution in [0.4, 0.5) is 13.2 Å². The van der Waals surface area contributed by atoms with Crippen LogP contribution in [0.1, 0.15) is 35.9 Å². The Morgan fingerprint density at radius 3 is 2.50 bits per heavy atom. The van der Waals surface area contributed by atoms with Crippen molar-refractivity contribution in [3.8, 4) is 11.8 Å². The zero-order valence-electron chi connectivity index (χ0n) is 11.8. The maximum Gasteiger partial charge on any atom is 0.419 e. The van der Waals surface area contributed by atoms with Crippen molar-refractivity contribution >= 4 is 5.97 Å². The van der Waals surface area contributed by atoms with Crippen molar-refractivity contribution in [3.05, 3.63) is 41.7 Å². The monoisotopic (exact) mass is 314 g/mol. The number of carboxylic acids is 1. The van der Waals surface area contributed by atoms with Crippen LogP contribution < -0.4 is 4.74 Å². The highest BCUT2D eigenvalue weighted by molar-refractivity contribution is 5.85. The third kappa shape index (κ3) is 3.21. The number of rotatable bonds is 4. The number of carbonyl (C=O) groups is 1. The molecule has 1 heterocycles. The Morgan fingerprint density at radius 1 is 1.32 bits per heavy atom. The van der Waals surface area contributed by atoms with E-state index >= 15 is 0 Å². The van der Waals surface area contributed by atoms with E-state index in [1.54, 1.807) is 13.8 Å². The Morgan fingerprint density at radius 2 is 1.95 bits per heavy atom. The van der Waals surface area contributed by atoms with Crippen LogP contribution in [0.2, 0.25) is 0 Å². The Balaban J connectivity index is 2.46. The summed E-state index contributed by atoms with van der Waals surface area (Å²) in [5.74, 6) is -1.72. The molecule has 1 aromatic carbocycles. The number of ether oxygens (including phenoxy) is 1. The average Bonchev–Trinajstić information content (AvgIpc) is 2.82. The molecule has 0 aliphatic rings. The second-order valence-electron chi connectivity index (χ2n) is 4.81. The Bertz CT molecular complexity index is 693. The molecule has 2 aromatic rings. The maximum absolute atomic E-state index is 12.9. The quantitative estimate of drug-likeness (QED) is 0.927. The highest BCUT2D eigenvalue weighted by Crippen LogP contribution is 2.38. The van der Waals surface area contributed by atoms with E-state index in [1.165, 1.54) is 22.9 Å². The van der Waals surface area contributed by atoms with E-state index in [-0.39, 0.29) is 17.7 Å². The molecule has 0 saturated carbocycles. The fraction of sp³-hybridized carbons (Fsp3) is 0.286. The first-order valence-electron chi connectivity index (χ1n) is 6.36. The minimum atomic E-state index is -4.58. The zero-order valence-corrected chi connectivity index (χ0v) is 11.8. The number of aromatic nitrogens is 2. The molecule has 0 fully saturated rings. The van der Waals surface area contributed by atoms with E-state index in [2.05, 4.69) is 4.98 Å². The van der Waals surface area contributed by atoms with Gasteiger partial charge in [0, 0.05) is 12.2 Å². The summed E-state index contributed by atoms with van der Waals surface area (Å²) in [5.41, 5.74) is -1.25. The lowest BCUT2D eigenvalue weighted by Crippen LogP contribution is -2.08. The average molecular weight is 314 g/mol. The Hall–Kier alpha value is -2.51. The first-order chi connectivity index (χ1) is 10.2. The molecule has 0 bridgehead atoms. The number of nitrogens with zero attached hydrogens (tertiary/aromatic N) is 2. The van der Waals surface area contributed by atoms with Crippen LogP contribution in [-0.4, -0.2) is 20.6 Å². The van der Waals surface area contributed by atoms with Crippen molar-refractivity contribution in [2.24, 2.45) is 0 Å². The molecule has 22 heavy (non-hydrogen) atoms. The molecule has 2 rings (SSSR count). The minimum absolute atomic E-state index is 0.205. The van der Waals surface area contributed by atoms with Crippen LogP contribution in [0.25, 0.3) is 0 Å². The van der Waals surface area contributed by atoms with Gasteiger partial charge < -0.3 is 9.84 Å². The molecule has 5 nitrogen and oxygen atoms in total. The van der Waals surface area contributed by atoms with Gasteiger partial charge in [0.1, 0.15) is 5.75 Å². The smallest absolute Gasteiger partial charge is 0.419 e. The van der Waals surface area contributed by atoms with Gasteiger partial charge in [0.25, 0.3) is 0 Å². The highest BCUT2D eigenvalue weighted by atomic mass is 19.4. The largest absolute Gasteiger partial charge is 0.476 e. The molecule has 0 saturated heterocycles. The number of aromatic carboxylic acids is 1. The minimum Gasteiger partial charge on any atom is -0.476 e. The van der Waals surface area contributed by atoms with E-state index in [9.17, 15) is 18.0 Å². The SMILES string of the molecule is CC(C)n1cc(C(=O)O)nc1Oc1ccccc1C(F)(F)F. The maximum atomic E-state index is 12.9. The van der Waals surface area contributed by atoms with Crippen molar-refractivity contribution in [1.82, 2.24) is 9.55 Å². The predicted octanol–water partition coefficient (Wildman–Crippen LogP) is 3.97. The molecule has 1 aromatic heterocycles. The second kappa shape index (κ2) is 5.70. The first-order valence-corrected chi connectivity index (χ1v) is 6.36. The van der Waals surface area contributed by atoms with E-state index < -0.39 is 23.5 Å². The number of halogens is 3. The van der Waals surface area contributed by atoms with Crippen molar-refractivity contribution in [2.45, 2.75) is 26.1 Å². The number of hydrogen-bond donors (Lipinski definition) is 1. The van der Waals surface area contributed by atoms with Crippen LogP contribution in [0.3, 0.4) is 0 Å². The lowest BCUT2D eigenvalue weighted by Gasteiger charge is -2.15. The number of hydrogen-bond acceptors (Lipinski definition) is 3. The molecule has 0 atom stereocenters. The predicted molar refractivity (Wildman–Crippen MR) is 71.1 cm³/mol. The normalized spacial score (nSPS) is 11.7. The summed E-state index contributed by atoms with van der Waals surface area (Å²) in [6, 6.07) is 4.25. The fourth-order valence-electron chi connectivity index (χ4n) is 1.81. The lowest BCUT2D eigenvalue weighted by molar-refractivity contribution is -0.138. The third-order valence-electron chi connectivity index (χ3n) is 2.87.